The van der Waals surface area contributed by atoms with E-state index in [1.807, 2.05) is 47.6 Å². The van der Waals surface area contributed by atoms with Crippen molar-refractivity contribution in [3.05, 3.63) is 59.2 Å². The third kappa shape index (κ3) is 5.01. The van der Waals surface area contributed by atoms with Crippen LogP contribution in [-0.2, 0) is 16.8 Å². The predicted molar refractivity (Wildman–Crippen MR) is 129 cm³/mol. The lowest BCUT2D eigenvalue weighted by Crippen LogP contribution is -2.48. The summed E-state index contributed by atoms with van der Waals surface area (Å²) in [6, 6.07) is 14.9. The first-order valence-electron chi connectivity index (χ1n) is 11.0. The molecule has 0 spiro atoms. The lowest BCUT2D eigenvalue weighted by molar-refractivity contribution is -0.127. The number of rotatable bonds is 5. The standard InChI is InChI=1S/C27H36N2O2/c1-17-11-18(2)13-20(12-17)24-15-21-14-22(9-10-23(21)29(24)16-19(3)30)27(7,8)25(31)28-26(4,5)6/h9-15,19,30H,16H2,1-8H3,(H,28,31). The molecule has 3 rings (SSSR count). The number of nitrogens with zero attached hydrogens (tertiary/aromatic N) is 1. The third-order valence-corrected chi connectivity index (χ3v) is 5.64. The van der Waals surface area contributed by atoms with Crippen LogP contribution in [0.3, 0.4) is 0 Å². The Morgan fingerprint density at radius 2 is 1.61 bits per heavy atom. The van der Waals surface area contributed by atoms with Gasteiger partial charge in [0.25, 0.3) is 0 Å². The number of aliphatic hydroxyl groups is 1. The summed E-state index contributed by atoms with van der Waals surface area (Å²) >= 11 is 0. The third-order valence-electron chi connectivity index (χ3n) is 5.64. The zero-order valence-electron chi connectivity index (χ0n) is 20.1. The molecule has 0 saturated heterocycles. The molecule has 4 nitrogen and oxygen atoms in total. The zero-order chi connectivity index (χ0) is 23.1. The highest BCUT2D eigenvalue weighted by Crippen LogP contribution is 2.33. The van der Waals surface area contributed by atoms with Crippen molar-refractivity contribution >= 4 is 16.8 Å². The van der Waals surface area contributed by atoms with Gasteiger partial charge in [-0.05, 0) is 96.8 Å². The molecule has 1 atom stereocenters. The van der Waals surface area contributed by atoms with E-state index in [1.165, 1.54) is 11.1 Å². The maximum Gasteiger partial charge on any atom is 0.230 e. The normalized spacial score (nSPS) is 13.5. The molecular weight excluding hydrogens is 384 g/mol. The molecule has 4 heteroatoms. The second-order valence-electron chi connectivity index (χ2n) is 10.5. The van der Waals surface area contributed by atoms with Crippen molar-refractivity contribution in [1.29, 1.82) is 0 Å². The van der Waals surface area contributed by atoms with Gasteiger partial charge in [0.1, 0.15) is 0 Å². The lowest BCUT2D eigenvalue weighted by atomic mass is 9.82. The smallest absolute Gasteiger partial charge is 0.230 e. The van der Waals surface area contributed by atoms with Crippen LogP contribution < -0.4 is 5.32 Å². The SMILES string of the molecule is Cc1cc(C)cc(-c2cc3cc(C(C)(C)C(=O)NC(C)(C)C)ccc3n2CC(C)O)c1. The number of hydrogen-bond acceptors (Lipinski definition) is 2. The molecule has 166 valence electrons. The first kappa shape index (κ1) is 23.1. The van der Waals surface area contributed by atoms with E-state index in [2.05, 4.69) is 60.1 Å². The van der Waals surface area contributed by atoms with Crippen LogP contribution in [0, 0.1) is 13.8 Å². The van der Waals surface area contributed by atoms with Gasteiger partial charge in [0, 0.05) is 28.7 Å². The van der Waals surface area contributed by atoms with Gasteiger partial charge in [0.15, 0.2) is 0 Å². The summed E-state index contributed by atoms with van der Waals surface area (Å²) in [5, 5.41) is 14.3. The van der Waals surface area contributed by atoms with Gasteiger partial charge in [-0.1, -0.05) is 23.3 Å². The number of aryl methyl sites for hydroxylation is 2. The van der Waals surface area contributed by atoms with Gasteiger partial charge in [-0.3, -0.25) is 4.79 Å². The Kier molecular flexibility index (Phi) is 6.07. The first-order valence-corrected chi connectivity index (χ1v) is 11.0. The van der Waals surface area contributed by atoms with Crippen LogP contribution in [0.2, 0.25) is 0 Å². The van der Waals surface area contributed by atoms with Gasteiger partial charge in [0.2, 0.25) is 5.91 Å². The second-order valence-corrected chi connectivity index (χ2v) is 10.5. The van der Waals surface area contributed by atoms with E-state index >= 15 is 0 Å². The van der Waals surface area contributed by atoms with Crippen LogP contribution in [0.4, 0.5) is 0 Å². The van der Waals surface area contributed by atoms with Gasteiger partial charge in [-0.25, -0.2) is 0 Å². The molecule has 1 unspecified atom stereocenters. The van der Waals surface area contributed by atoms with E-state index in [0.29, 0.717) is 6.54 Å². The Morgan fingerprint density at radius 3 is 2.16 bits per heavy atom. The van der Waals surface area contributed by atoms with Crippen molar-refractivity contribution in [3.8, 4) is 11.3 Å². The first-order chi connectivity index (χ1) is 14.3. The number of carbonyl (C=O) groups is 1. The molecule has 0 bridgehead atoms. The molecule has 0 aliphatic carbocycles. The lowest BCUT2D eigenvalue weighted by Gasteiger charge is -2.30. The van der Waals surface area contributed by atoms with E-state index in [-0.39, 0.29) is 11.4 Å². The largest absolute Gasteiger partial charge is 0.392 e. The highest BCUT2D eigenvalue weighted by atomic mass is 16.3. The number of benzene rings is 2. The van der Waals surface area contributed by atoms with Crippen molar-refractivity contribution in [3.63, 3.8) is 0 Å². The van der Waals surface area contributed by atoms with E-state index < -0.39 is 11.5 Å². The fourth-order valence-electron chi connectivity index (χ4n) is 4.11. The molecule has 31 heavy (non-hydrogen) atoms. The summed E-state index contributed by atoms with van der Waals surface area (Å²) in [7, 11) is 0. The van der Waals surface area contributed by atoms with Crippen LogP contribution in [-0.4, -0.2) is 27.2 Å². The molecule has 1 aromatic heterocycles. The Labute approximate surface area is 186 Å². The van der Waals surface area contributed by atoms with Crippen LogP contribution >= 0.6 is 0 Å². The number of nitrogens with one attached hydrogen (secondary N) is 1. The van der Waals surface area contributed by atoms with E-state index in [0.717, 1.165) is 27.7 Å². The van der Waals surface area contributed by atoms with Crippen LogP contribution in [0.5, 0.6) is 0 Å². The predicted octanol–water partition coefficient (Wildman–Crippen LogP) is 5.50. The van der Waals surface area contributed by atoms with Crippen molar-refractivity contribution in [2.24, 2.45) is 0 Å². The number of aromatic nitrogens is 1. The van der Waals surface area contributed by atoms with Crippen LogP contribution in [0.1, 0.15) is 58.2 Å². The summed E-state index contributed by atoms with van der Waals surface area (Å²) in [6.07, 6.45) is -0.464. The fourth-order valence-corrected chi connectivity index (χ4v) is 4.11. The van der Waals surface area contributed by atoms with Crippen molar-refractivity contribution in [2.75, 3.05) is 0 Å². The van der Waals surface area contributed by atoms with E-state index in [4.69, 9.17) is 0 Å². The minimum atomic E-state index is -0.659. The van der Waals surface area contributed by atoms with E-state index in [9.17, 15) is 9.90 Å². The molecular formula is C27H36N2O2. The average molecular weight is 421 g/mol. The Hall–Kier alpha value is -2.59. The second kappa shape index (κ2) is 8.16. The summed E-state index contributed by atoms with van der Waals surface area (Å²) in [5.74, 6) is 0.0114. The highest BCUT2D eigenvalue weighted by molar-refractivity contribution is 5.92. The number of carbonyl (C=O) groups excluding carboxylic acids is 1. The zero-order valence-corrected chi connectivity index (χ0v) is 20.1. The molecule has 1 amide bonds. The summed E-state index contributed by atoms with van der Waals surface area (Å²) in [6.45, 7) is 16.5. The Balaban J connectivity index is 2.14. The number of amides is 1. The molecule has 0 saturated carbocycles. The quantitative estimate of drug-likeness (QED) is 0.573. The number of hydrogen-bond donors (Lipinski definition) is 2. The van der Waals surface area contributed by atoms with Crippen molar-refractivity contribution in [1.82, 2.24) is 9.88 Å². The minimum absolute atomic E-state index is 0.0114. The summed E-state index contributed by atoms with van der Waals surface area (Å²) in [4.78, 5) is 13.0. The number of aliphatic hydroxyl groups excluding tert-OH is 1. The topological polar surface area (TPSA) is 54.3 Å². The van der Waals surface area contributed by atoms with E-state index in [1.54, 1.807) is 0 Å². The molecule has 1 heterocycles. The maximum absolute atomic E-state index is 13.0. The molecule has 3 aromatic rings. The number of fused-ring (bicyclic) bond motifs is 1. The summed E-state index contributed by atoms with van der Waals surface area (Å²) < 4.78 is 2.18. The van der Waals surface area contributed by atoms with Gasteiger partial charge < -0.3 is 15.0 Å². The summed E-state index contributed by atoms with van der Waals surface area (Å²) in [5.41, 5.74) is 5.74. The van der Waals surface area contributed by atoms with Crippen LogP contribution in [0.15, 0.2) is 42.5 Å². The Bertz CT molecular complexity index is 1090. The fraction of sp³-hybridized carbons (Fsp3) is 0.444. The molecule has 0 fully saturated rings. The Morgan fingerprint density at radius 1 is 1.00 bits per heavy atom. The van der Waals surface area contributed by atoms with Gasteiger partial charge in [-0.2, -0.15) is 0 Å². The molecule has 0 aliphatic rings. The van der Waals surface area contributed by atoms with Crippen molar-refractivity contribution in [2.45, 2.75) is 79.0 Å². The van der Waals surface area contributed by atoms with Crippen LogP contribution in [0.25, 0.3) is 22.2 Å². The molecule has 0 aliphatic heterocycles. The molecule has 2 aromatic carbocycles. The molecule has 0 radical (unpaired) electrons. The minimum Gasteiger partial charge on any atom is -0.392 e. The van der Waals surface area contributed by atoms with Crippen molar-refractivity contribution < 1.29 is 9.90 Å². The highest BCUT2D eigenvalue weighted by Gasteiger charge is 2.32. The monoisotopic (exact) mass is 420 g/mol. The van der Waals surface area contributed by atoms with Gasteiger partial charge >= 0.3 is 0 Å². The average Bonchev–Trinajstić information content (AvgIpc) is 2.96. The van der Waals surface area contributed by atoms with Gasteiger partial charge in [0.05, 0.1) is 11.5 Å². The maximum atomic E-state index is 13.0. The van der Waals surface area contributed by atoms with Gasteiger partial charge in [-0.15, -0.1) is 0 Å². The molecule has 2 N–H and O–H groups in total.